The molecule has 0 unspecified atom stereocenters. The second kappa shape index (κ2) is 3.66. The number of aliphatic hydroxyl groups is 2. The van der Waals surface area contributed by atoms with Crippen LogP contribution in [0, 0.1) is 0 Å². The van der Waals surface area contributed by atoms with E-state index in [1.807, 2.05) is 6.07 Å². The Morgan fingerprint density at radius 1 is 1.19 bits per heavy atom. The molecule has 6 N–H and O–H groups in total. The van der Waals surface area contributed by atoms with E-state index in [9.17, 15) is 10.2 Å². The van der Waals surface area contributed by atoms with Gasteiger partial charge in [0.1, 0.15) is 0 Å². The summed E-state index contributed by atoms with van der Waals surface area (Å²) in [5, 5.41) is 19.0. The van der Waals surface area contributed by atoms with Gasteiger partial charge in [0.05, 0.1) is 11.4 Å². The van der Waals surface area contributed by atoms with Crippen LogP contribution in [-0.2, 0) is 0 Å². The number of nitrogens with two attached hydrogens (primary N) is 2. The Hall–Kier alpha value is -1.78. The van der Waals surface area contributed by atoms with Crippen LogP contribution in [-0.4, -0.2) is 16.0 Å². The van der Waals surface area contributed by atoms with Crippen LogP contribution in [0.2, 0.25) is 0 Å². The van der Waals surface area contributed by atoms with Crippen LogP contribution in [0.15, 0.2) is 36.4 Å². The molecule has 0 amide bonds. The van der Waals surface area contributed by atoms with Crippen molar-refractivity contribution in [3.63, 3.8) is 0 Å². The predicted molar refractivity (Wildman–Crippen MR) is 64.2 cm³/mol. The van der Waals surface area contributed by atoms with Crippen LogP contribution in [0.3, 0.4) is 0 Å². The minimum atomic E-state index is -1.80. The Morgan fingerprint density at radius 3 is 2.62 bits per heavy atom. The molecule has 1 aliphatic rings. The Bertz CT molecular complexity index is 476. The molecule has 4 heteroatoms. The summed E-state index contributed by atoms with van der Waals surface area (Å²) in [6.07, 6.45) is 4.84. The van der Waals surface area contributed by atoms with Crippen molar-refractivity contribution in [2.45, 2.75) is 12.2 Å². The van der Waals surface area contributed by atoms with E-state index in [-0.39, 0.29) is 6.42 Å². The van der Waals surface area contributed by atoms with Gasteiger partial charge in [0.25, 0.3) is 0 Å². The van der Waals surface area contributed by atoms with Gasteiger partial charge in [-0.15, -0.1) is 0 Å². The van der Waals surface area contributed by atoms with Crippen LogP contribution in [0.25, 0.3) is 5.57 Å². The molecule has 16 heavy (non-hydrogen) atoms. The van der Waals surface area contributed by atoms with Crippen LogP contribution >= 0.6 is 0 Å². The number of allylic oxidation sites excluding steroid dienone is 2. The van der Waals surface area contributed by atoms with Gasteiger partial charge in [-0.1, -0.05) is 24.3 Å². The van der Waals surface area contributed by atoms with E-state index in [2.05, 4.69) is 0 Å². The monoisotopic (exact) mass is 218 g/mol. The maximum Gasteiger partial charge on any atom is 0.187 e. The van der Waals surface area contributed by atoms with E-state index in [1.165, 1.54) is 6.08 Å². The smallest absolute Gasteiger partial charge is 0.187 e. The summed E-state index contributed by atoms with van der Waals surface area (Å²) in [6, 6.07) is 5.31. The number of nitrogen functional groups attached to an aromatic ring is 2. The maximum absolute atomic E-state index is 9.52. The predicted octanol–water partition coefficient (Wildman–Crippen LogP) is 0.875. The zero-order valence-corrected chi connectivity index (χ0v) is 8.72. The van der Waals surface area contributed by atoms with Gasteiger partial charge in [-0.25, -0.2) is 0 Å². The van der Waals surface area contributed by atoms with Gasteiger partial charge in [0, 0.05) is 12.0 Å². The third kappa shape index (κ3) is 1.93. The van der Waals surface area contributed by atoms with Crippen molar-refractivity contribution in [1.29, 1.82) is 0 Å². The summed E-state index contributed by atoms with van der Waals surface area (Å²) in [6.45, 7) is 0. The number of anilines is 2. The topological polar surface area (TPSA) is 92.5 Å². The average molecular weight is 218 g/mol. The molecule has 84 valence electrons. The normalized spacial score (nSPS) is 18.2. The fraction of sp³-hybridized carbons (Fsp3) is 0.167. The molecule has 0 spiro atoms. The van der Waals surface area contributed by atoms with Crippen molar-refractivity contribution < 1.29 is 10.2 Å². The minimum absolute atomic E-state index is 0.108. The van der Waals surface area contributed by atoms with Crippen molar-refractivity contribution in [3.05, 3.63) is 42.0 Å². The van der Waals surface area contributed by atoms with Crippen molar-refractivity contribution in [2.75, 3.05) is 11.5 Å². The quantitative estimate of drug-likeness (QED) is 0.416. The Labute approximate surface area is 93.5 Å². The third-order valence-corrected chi connectivity index (χ3v) is 2.60. The summed E-state index contributed by atoms with van der Waals surface area (Å²) < 4.78 is 0. The molecule has 0 atom stereocenters. The Kier molecular flexibility index (Phi) is 2.46. The summed E-state index contributed by atoms with van der Waals surface area (Å²) >= 11 is 0. The van der Waals surface area contributed by atoms with E-state index in [0.29, 0.717) is 11.4 Å². The number of benzene rings is 1. The van der Waals surface area contributed by atoms with Gasteiger partial charge in [-0.2, -0.15) is 0 Å². The van der Waals surface area contributed by atoms with E-state index in [1.54, 1.807) is 24.3 Å². The van der Waals surface area contributed by atoms with Gasteiger partial charge >= 0.3 is 0 Å². The molecule has 0 saturated heterocycles. The zero-order valence-electron chi connectivity index (χ0n) is 8.72. The second-order valence-corrected chi connectivity index (χ2v) is 3.91. The summed E-state index contributed by atoms with van der Waals surface area (Å²) in [5.41, 5.74) is 14.0. The van der Waals surface area contributed by atoms with Crippen LogP contribution in [0.4, 0.5) is 11.4 Å². The highest BCUT2D eigenvalue weighted by atomic mass is 16.5. The van der Waals surface area contributed by atoms with Crippen LogP contribution in [0.1, 0.15) is 12.0 Å². The number of hydrogen-bond donors (Lipinski definition) is 4. The van der Waals surface area contributed by atoms with E-state index >= 15 is 0 Å². The van der Waals surface area contributed by atoms with E-state index in [0.717, 1.165) is 11.1 Å². The number of para-hydroxylation sites is 1. The maximum atomic E-state index is 9.52. The van der Waals surface area contributed by atoms with Crippen LogP contribution in [0.5, 0.6) is 0 Å². The van der Waals surface area contributed by atoms with Gasteiger partial charge < -0.3 is 21.7 Å². The first-order valence-electron chi connectivity index (χ1n) is 4.97. The van der Waals surface area contributed by atoms with Crippen molar-refractivity contribution in [3.8, 4) is 0 Å². The summed E-state index contributed by atoms with van der Waals surface area (Å²) in [5.74, 6) is -1.80. The van der Waals surface area contributed by atoms with E-state index < -0.39 is 5.79 Å². The SMILES string of the molecule is Nc1cccc(C2=CC=CC(O)(O)C2)c1N. The molecular weight excluding hydrogens is 204 g/mol. The number of hydrogen-bond acceptors (Lipinski definition) is 4. The molecule has 0 bridgehead atoms. The molecule has 0 radical (unpaired) electrons. The molecule has 0 heterocycles. The Balaban J connectivity index is 2.43. The highest BCUT2D eigenvalue weighted by Crippen LogP contribution is 2.33. The number of rotatable bonds is 1. The highest BCUT2D eigenvalue weighted by Gasteiger charge is 2.24. The van der Waals surface area contributed by atoms with Gasteiger partial charge in [-0.3, -0.25) is 0 Å². The first kappa shape index (κ1) is 10.7. The minimum Gasteiger partial charge on any atom is -0.397 e. The molecule has 0 saturated carbocycles. The molecule has 1 aromatic rings. The summed E-state index contributed by atoms with van der Waals surface area (Å²) in [7, 11) is 0. The fourth-order valence-corrected chi connectivity index (χ4v) is 1.76. The van der Waals surface area contributed by atoms with Gasteiger partial charge in [0.2, 0.25) is 0 Å². The second-order valence-electron chi connectivity index (χ2n) is 3.91. The molecule has 4 nitrogen and oxygen atoms in total. The molecule has 1 aliphatic carbocycles. The first-order valence-corrected chi connectivity index (χ1v) is 4.97. The zero-order chi connectivity index (χ0) is 11.8. The highest BCUT2D eigenvalue weighted by molar-refractivity contribution is 5.83. The fourth-order valence-electron chi connectivity index (χ4n) is 1.76. The molecule has 0 fully saturated rings. The lowest BCUT2D eigenvalue weighted by Crippen LogP contribution is -2.26. The van der Waals surface area contributed by atoms with Gasteiger partial charge in [-0.05, 0) is 17.7 Å². The van der Waals surface area contributed by atoms with Crippen molar-refractivity contribution in [1.82, 2.24) is 0 Å². The lowest BCUT2D eigenvalue weighted by molar-refractivity contribution is -0.113. The van der Waals surface area contributed by atoms with Crippen molar-refractivity contribution >= 4 is 16.9 Å². The van der Waals surface area contributed by atoms with Crippen LogP contribution < -0.4 is 11.5 Å². The first-order chi connectivity index (χ1) is 7.49. The molecule has 0 aromatic heterocycles. The molecule has 2 rings (SSSR count). The lowest BCUT2D eigenvalue weighted by Gasteiger charge is -2.23. The largest absolute Gasteiger partial charge is 0.397 e. The molecule has 1 aromatic carbocycles. The van der Waals surface area contributed by atoms with E-state index in [4.69, 9.17) is 11.5 Å². The van der Waals surface area contributed by atoms with Crippen molar-refractivity contribution in [2.24, 2.45) is 0 Å². The van der Waals surface area contributed by atoms with Gasteiger partial charge in [0.15, 0.2) is 5.79 Å². The Morgan fingerprint density at radius 2 is 1.94 bits per heavy atom. The summed E-state index contributed by atoms with van der Waals surface area (Å²) in [4.78, 5) is 0. The lowest BCUT2D eigenvalue weighted by atomic mass is 9.92. The standard InChI is InChI=1S/C12H14N2O2/c13-10-5-1-4-9(11(10)14)8-3-2-6-12(15,16)7-8/h1-6,15-16H,7,13-14H2. The third-order valence-electron chi connectivity index (χ3n) is 2.60. The molecular formula is C12H14N2O2. The average Bonchev–Trinajstić information content (AvgIpc) is 2.20. The molecule has 0 aliphatic heterocycles.